The number of hydrogen-bond donors (Lipinski definition) is 0. The SMILES string of the molecule is C=C(C)C(=O)OC1CCC(Oc2ccc3cc(-c4ccccc4)sc3c2)C1(C)C. The zero-order chi connectivity index (χ0) is 20.6. The van der Waals surface area contributed by atoms with E-state index in [2.05, 4.69) is 62.9 Å². The largest absolute Gasteiger partial charge is 0.490 e. The summed E-state index contributed by atoms with van der Waals surface area (Å²) in [6.45, 7) is 9.58. The average Bonchev–Trinajstić information content (AvgIpc) is 3.24. The minimum absolute atomic E-state index is 0.00331. The molecule has 29 heavy (non-hydrogen) atoms. The fourth-order valence-corrected chi connectivity index (χ4v) is 5.00. The Bertz CT molecular complexity index is 1050. The molecule has 1 aliphatic carbocycles. The molecule has 1 saturated carbocycles. The molecule has 0 amide bonds. The summed E-state index contributed by atoms with van der Waals surface area (Å²) >= 11 is 1.78. The first kappa shape index (κ1) is 19.7. The number of ether oxygens (including phenoxy) is 2. The molecule has 1 aromatic heterocycles. The Hall–Kier alpha value is -2.59. The highest BCUT2D eigenvalue weighted by molar-refractivity contribution is 7.22. The Morgan fingerprint density at radius 1 is 1.07 bits per heavy atom. The van der Waals surface area contributed by atoms with Crippen molar-refractivity contribution in [2.45, 2.75) is 45.8 Å². The molecule has 0 aliphatic heterocycles. The molecule has 0 saturated heterocycles. The quantitative estimate of drug-likeness (QED) is 0.353. The van der Waals surface area contributed by atoms with Gasteiger partial charge in [0.05, 0.1) is 0 Å². The Kier molecular flexibility index (Phi) is 5.22. The van der Waals surface area contributed by atoms with Crippen molar-refractivity contribution < 1.29 is 14.3 Å². The van der Waals surface area contributed by atoms with Crippen LogP contribution in [0.1, 0.15) is 33.6 Å². The second-order valence-electron chi connectivity index (χ2n) is 8.36. The lowest BCUT2D eigenvalue weighted by Gasteiger charge is -2.32. The number of esters is 1. The van der Waals surface area contributed by atoms with Crippen LogP contribution >= 0.6 is 11.3 Å². The van der Waals surface area contributed by atoms with Gasteiger partial charge in [0.2, 0.25) is 0 Å². The maximum absolute atomic E-state index is 12.0. The summed E-state index contributed by atoms with van der Waals surface area (Å²) in [7, 11) is 0. The number of carbonyl (C=O) groups excluding carboxylic acids is 1. The first-order chi connectivity index (χ1) is 13.8. The van der Waals surface area contributed by atoms with Gasteiger partial charge in [-0.25, -0.2) is 4.79 Å². The number of hydrogen-bond acceptors (Lipinski definition) is 4. The summed E-state index contributed by atoms with van der Waals surface area (Å²) in [6.07, 6.45) is 1.50. The fourth-order valence-electron chi connectivity index (χ4n) is 3.90. The molecule has 2 atom stereocenters. The van der Waals surface area contributed by atoms with Gasteiger partial charge in [0.1, 0.15) is 18.0 Å². The fraction of sp³-hybridized carbons (Fsp3) is 0.320. The molecule has 1 heterocycles. The number of benzene rings is 2. The molecule has 4 heteroatoms. The predicted molar refractivity (Wildman–Crippen MR) is 119 cm³/mol. The van der Waals surface area contributed by atoms with E-state index in [9.17, 15) is 4.79 Å². The van der Waals surface area contributed by atoms with E-state index in [1.54, 1.807) is 18.3 Å². The molecule has 1 fully saturated rings. The lowest BCUT2D eigenvalue weighted by atomic mass is 9.86. The van der Waals surface area contributed by atoms with Crippen molar-refractivity contribution in [2.24, 2.45) is 5.41 Å². The number of carbonyl (C=O) groups is 1. The lowest BCUT2D eigenvalue weighted by molar-refractivity contribution is -0.150. The van der Waals surface area contributed by atoms with Crippen molar-refractivity contribution in [1.29, 1.82) is 0 Å². The highest BCUT2D eigenvalue weighted by atomic mass is 32.1. The molecule has 2 aromatic carbocycles. The Balaban J connectivity index is 1.52. The number of rotatable bonds is 5. The summed E-state index contributed by atoms with van der Waals surface area (Å²) in [6, 6.07) is 18.9. The van der Waals surface area contributed by atoms with E-state index in [-0.39, 0.29) is 23.6 Å². The van der Waals surface area contributed by atoms with Gasteiger partial charge < -0.3 is 9.47 Å². The van der Waals surface area contributed by atoms with E-state index < -0.39 is 0 Å². The van der Waals surface area contributed by atoms with Crippen molar-refractivity contribution in [3.63, 3.8) is 0 Å². The van der Waals surface area contributed by atoms with Gasteiger partial charge in [-0.3, -0.25) is 0 Å². The van der Waals surface area contributed by atoms with E-state index in [0.29, 0.717) is 5.57 Å². The summed E-state index contributed by atoms with van der Waals surface area (Å²) in [5.74, 6) is 0.543. The summed E-state index contributed by atoms with van der Waals surface area (Å²) in [5, 5.41) is 1.22. The van der Waals surface area contributed by atoms with Gasteiger partial charge in [-0.2, -0.15) is 0 Å². The Labute approximate surface area is 176 Å². The second-order valence-corrected chi connectivity index (χ2v) is 9.44. The van der Waals surface area contributed by atoms with E-state index in [1.807, 2.05) is 12.1 Å². The van der Waals surface area contributed by atoms with Crippen LogP contribution in [0.25, 0.3) is 20.5 Å². The molecule has 0 N–H and O–H groups in total. The van der Waals surface area contributed by atoms with Gasteiger partial charge in [0.25, 0.3) is 0 Å². The van der Waals surface area contributed by atoms with Crippen LogP contribution in [-0.2, 0) is 9.53 Å². The first-order valence-corrected chi connectivity index (χ1v) is 10.8. The highest BCUT2D eigenvalue weighted by Gasteiger charge is 2.47. The van der Waals surface area contributed by atoms with Gasteiger partial charge in [-0.15, -0.1) is 11.3 Å². The van der Waals surface area contributed by atoms with Crippen LogP contribution in [0.5, 0.6) is 5.75 Å². The van der Waals surface area contributed by atoms with Gasteiger partial charge in [0, 0.05) is 20.6 Å². The molecule has 150 valence electrons. The first-order valence-electron chi connectivity index (χ1n) is 9.97. The van der Waals surface area contributed by atoms with Crippen LogP contribution < -0.4 is 4.74 Å². The van der Waals surface area contributed by atoms with Crippen molar-refractivity contribution in [3.05, 3.63) is 66.7 Å². The summed E-state index contributed by atoms with van der Waals surface area (Å²) in [4.78, 5) is 13.2. The van der Waals surface area contributed by atoms with Crippen LogP contribution in [0, 0.1) is 5.41 Å². The molecule has 0 spiro atoms. The van der Waals surface area contributed by atoms with Crippen molar-refractivity contribution in [2.75, 3.05) is 0 Å². The van der Waals surface area contributed by atoms with Gasteiger partial charge >= 0.3 is 5.97 Å². The maximum atomic E-state index is 12.0. The van der Waals surface area contributed by atoms with Crippen LogP contribution in [0.3, 0.4) is 0 Å². The molecular weight excluding hydrogens is 380 g/mol. The minimum atomic E-state index is -0.322. The standard InChI is InChI=1S/C25H26O3S/c1-16(2)24(26)28-23-13-12-22(25(23,3)4)27-19-11-10-18-14-20(29-21(18)15-19)17-8-6-5-7-9-17/h5-11,14-15,22-23H,1,12-13H2,2-4H3. The Morgan fingerprint density at radius 3 is 2.52 bits per heavy atom. The average molecular weight is 407 g/mol. The Morgan fingerprint density at radius 2 is 1.79 bits per heavy atom. The van der Waals surface area contributed by atoms with Crippen molar-refractivity contribution in [1.82, 2.24) is 0 Å². The smallest absolute Gasteiger partial charge is 0.333 e. The normalized spacial score (nSPS) is 20.5. The molecule has 0 radical (unpaired) electrons. The zero-order valence-electron chi connectivity index (χ0n) is 17.1. The van der Waals surface area contributed by atoms with Crippen molar-refractivity contribution in [3.8, 4) is 16.2 Å². The molecule has 4 rings (SSSR count). The third-order valence-corrected chi connectivity index (χ3v) is 6.92. The van der Waals surface area contributed by atoms with E-state index in [0.717, 1.165) is 18.6 Å². The van der Waals surface area contributed by atoms with E-state index in [1.165, 1.54) is 20.5 Å². The van der Waals surface area contributed by atoms with Gasteiger partial charge in [-0.05, 0) is 55.0 Å². The maximum Gasteiger partial charge on any atom is 0.333 e. The topological polar surface area (TPSA) is 35.5 Å². The van der Waals surface area contributed by atoms with Crippen LogP contribution in [0.2, 0.25) is 0 Å². The summed E-state index contributed by atoms with van der Waals surface area (Å²) < 4.78 is 13.3. The van der Waals surface area contributed by atoms with E-state index in [4.69, 9.17) is 9.47 Å². The molecule has 2 unspecified atom stereocenters. The van der Waals surface area contributed by atoms with Crippen LogP contribution in [-0.4, -0.2) is 18.2 Å². The van der Waals surface area contributed by atoms with Crippen LogP contribution in [0.15, 0.2) is 66.7 Å². The lowest BCUT2D eigenvalue weighted by Crippen LogP contribution is -2.38. The molecule has 0 bridgehead atoms. The molecule has 3 aromatic rings. The minimum Gasteiger partial charge on any atom is -0.490 e. The second kappa shape index (κ2) is 7.68. The highest BCUT2D eigenvalue weighted by Crippen LogP contribution is 2.43. The number of fused-ring (bicyclic) bond motifs is 1. The van der Waals surface area contributed by atoms with Crippen LogP contribution in [0.4, 0.5) is 0 Å². The zero-order valence-corrected chi connectivity index (χ0v) is 17.9. The third-order valence-electron chi connectivity index (χ3n) is 5.78. The van der Waals surface area contributed by atoms with Gasteiger partial charge in [0.15, 0.2) is 0 Å². The van der Waals surface area contributed by atoms with E-state index >= 15 is 0 Å². The van der Waals surface area contributed by atoms with Crippen molar-refractivity contribution >= 4 is 27.4 Å². The monoisotopic (exact) mass is 406 g/mol. The van der Waals surface area contributed by atoms with Gasteiger partial charge in [-0.1, -0.05) is 50.8 Å². The predicted octanol–water partition coefficient (Wildman–Crippen LogP) is 6.62. The summed E-state index contributed by atoms with van der Waals surface area (Å²) in [5.41, 5.74) is 1.41. The molecule has 1 aliphatic rings. The molecule has 3 nitrogen and oxygen atoms in total. The third kappa shape index (κ3) is 3.95. The number of thiophene rings is 1. The molecular formula is C25H26O3S.